The van der Waals surface area contributed by atoms with Gasteiger partial charge in [-0.2, -0.15) is 18.4 Å². The Kier molecular flexibility index (Phi) is 2.98. The van der Waals surface area contributed by atoms with Crippen molar-refractivity contribution in [3.05, 3.63) is 11.4 Å². The molecular formula is C8H9F3N4. The molecular weight excluding hydrogens is 209 g/mol. The number of rotatable bonds is 2. The SMILES string of the molecule is CC(C)Cn1nnc(C#N)c1C(F)(F)F. The van der Waals surface area contributed by atoms with E-state index in [1.165, 1.54) is 6.07 Å². The molecule has 0 aliphatic heterocycles. The summed E-state index contributed by atoms with van der Waals surface area (Å²) in [7, 11) is 0. The third-order valence-electron chi connectivity index (χ3n) is 1.65. The van der Waals surface area contributed by atoms with Crippen molar-refractivity contribution in [1.82, 2.24) is 15.0 Å². The average Bonchev–Trinajstić information content (AvgIpc) is 2.45. The number of hydrogen-bond donors (Lipinski definition) is 0. The summed E-state index contributed by atoms with van der Waals surface area (Å²) in [6, 6.07) is 1.38. The van der Waals surface area contributed by atoms with E-state index in [4.69, 9.17) is 5.26 Å². The van der Waals surface area contributed by atoms with Crippen LogP contribution in [0.25, 0.3) is 0 Å². The predicted octanol–water partition coefficient (Wildman–Crippen LogP) is 1.82. The quantitative estimate of drug-likeness (QED) is 0.760. The van der Waals surface area contributed by atoms with Crippen molar-refractivity contribution in [2.75, 3.05) is 0 Å². The van der Waals surface area contributed by atoms with Crippen LogP contribution in [-0.2, 0) is 12.7 Å². The molecule has 1 heterocycles. The Bertz CT molecular complexity index is 386. The van der Waals surface area contributed by atoms with E-state index in [0.717, 1.165) is 4.68 Å². The summed E-state index contributed by atoms with van der Waals surface area (Å²) < 4.78 is 38.3. The summed E-state index contributed by atoms with van der Waals surface area (Å²) in [6.07, 6.45) is -4.59. The number of nitrogens with zero attached hydrogens (tertiary/aromatic N) is 4. The second-order valence-electron chi connectivity index (χ2n) is 3.47. The Labute approximate surface area is 84.3 Å². The van der Waals surface area contributed by atoms with E-state index in [0.29, 0.717) is 0 Å². The minimum Gasteiger partial charge on any atom is -0.239 e. The van der Waals surface area contributed by atoms with Crippen molar-refractivity contribution in [2.24, 2.45) is 5.92 Å². The van der Waals surface area contributed by atoms with Crippen LogP contribution in [0, 0.1) is 17.2 Å². The third-order valence-corrected chi connectivity index (χ3v) is 1.65. The van der Waals surface area contributed by atoms with Gasteiger partial charge in [-0.3, -0.25) is 0 Å². The van der Waals surface area contributed by atoms with Crippen molar-refractivity contribution in [3.63, 3.8) is 0 Å². The van der Waals surface area contributed by atoms with E-state index in [2.05, 4.69) is 10.3 Å². The van der Waals surface area contributed by atoms with Gasteiger partial charge in [0.2, 0.25) is 0 Å². The molecule has 0 saturated heterocycles. The first-order chi connectivity index (χ1) is 6.86. The lowest BCUT2D eigenvalue weighted by atomic mass is 10.2. The Balaban J connectivity index is 3.19. The zero-order valence-electron chi connectivity index (χ0n) is 8.21. The van der Waals surface area contributed by atoms with Crippen molar-refractivity contribution in [2.45, 2.75) is 26.6 Å². The van der Waals surface area contributed by atoms with E-state index in [1.807, 2.05) is 0 Å². The number of alkyl halides is 3. The van der Waals surface area contributed by atoms with Gasteiger partial charge in [0.05, 0.1) is 0 Å². The van der Waals surface area contributed by atoms with Crippen molar-refractivity contribution >= 4 is 0 Å². The summed E-state index contributed by atoms with van der Waals surface area (Å²) in [5.74, 6) is -0.000608. The smallest absolute Gasteiger partial charge is 0.239 e. The highest BCUT2D eigenvalue weighted by Crippen LogP contribution is 2.30. The van der Waals surface area contributed by atoms with E-state index in [-0.39, 0.29) is 12.5 Å². The van der Waals surface area contributed by atoms with Gasteiger partial charge >= 0.3 is 6.18 Å². The van der Waals surface area contributed by atoms with Crippen molar-refractivity contribution < 1.29 is 13.2 Å². The highest BCUT2D eigenvalue weighted by molar-refractivity contribution is 5.26. The third kappa shape index (κ3) is 2.46. The van der Waals surface area contributed by atoms with E-state index in [1.54, 1.807) is 13.8 Å². The zero-order valence-corrected chi connectivity index (χ0v) is 8.21. The molecule has 15 heavy (non-hydrogen) atoms. The molecule has 1 aromatic rings. The summed E-state index contributed by atoms with van der Waals surface area (Å²) in [4.78, 5) is 0. The largest absolute Gasteiger partial charge is 0.436 e. The van der Waals surface area contributed by atoms with Crippen LogP contribution in [0.1, 0.15) is 25.2 Å². The lowest BCUT2D eigenvalue weighted by molar-refractivity contribution is -0.144. The number of halogens is 3. The first kappa shape index (κ1) is 11.5. The summed E-state index contributed by atoms with van der Waals surface area (Å²) >= 11 is 0. The fourth-order valence-electron chi connectivity index (χ4n) is 1.14. The number of aromatic nitrogens is 3. The van der Waals surface area contributed by atoms with Crippen LogP contribution in [0.4, 0.5) is 13.2 Å². The van der Waals surface area contributed by atoms with Gasteiger partial charge in [-0.1, -0.05) is 19.1 Å². The average molecular weight is 218 g/mol. The molecule has 0 fully saturated rings. The van der Waals surface area contributed by atoms with Crippen LogP contribution >= 0.6 is 0 Å². The maximum absolute atomic E-state index is 12.5. The van der Waals surface area contributed by atoms with Gasteiger partial charge in [-0.05, 0) is 5.92 Å². The van der Waals surface area contributed by atoms with Crippen LogP contribution in [0.5, 0.6) is 0 Å². The molecule has 0 aromatic carbocycles. The fraction of sp³-hybridized carbons (Fsp3) is 0.625. The van der Waals surface area contributed by atoms with Gasteiger partial charge in [0.25, 0.3) is 0 Å². The highest BCUT2D eigenvalue weighted by atomic mass is 19.4. The molecule has 0 atom stereocenters. The first-order valence-electron chi connectivity index (χ1n) is 4.27. The molecule has 0 bridgehead atoms. The van der Waals surface area contributed by atoms with Crippen LogP contribution in [-0.4, -0.2) is 15.0 Å². The lowest BCUT2D eigenvalue weighted by Gasteiger charge is -2.10. The maximum atomic E-state index is 12.5. The molecule has 1 aromatic heterocycles. The summed E-state index contributed by atoms with van der Waals surface area (Å²) in [5.41, 5.74) is -1.75. The van der Waals surface area contributed by atoms with Gasteiger partial charge in [0.1, 0.15) is 6.07 Å². The molecule has 0 unspecified atom stereocenters. The van der Waals surface area contributed by atoms with Gasteiger partial charge in [0, 0.05) is 6.54 Å². The highest BCUT2D eigenvalue weighted by Gasteiger charge is 2.39. The van der Waals surface area contributed by atoms with Crippen LogP contribution in [0.15, 0.2) is 0 Å². The summed E-state index contributed by atoms with van der Waals surface area (Å²) in [5, 5.41) is 15.0. The minimum atomic E-state index is -4.59. The minimum absolute atomic E-state index is 0.000608. The monoisotopic (exact) mass is 218 g/mol. The Morgan fingerprint density at radius 2 is 2.07 bits per heavy atom. The molecule has 7 heteroatoms. The van der Waals surface area contributed by atoms with E-state index >= 15 is 0 Å². The first-order valence-corrected chi connectivity index (χ1v) is 4.27. The Hall–Kier alpha value is -1.58. The van der Waals surface area contributed by atoms with Crippen LogP contribution < -0.4 is 0 Å². The molecule has 4 nitrogen and oxygen atoms in total. The predicted molar refractivity (Wildman–Crippen MR) is 44.6 cm³/mol. The van der Waals surface area contributed by atoms with Crippen LogP contribution in [0.3, 0.4) is 0 Å². The van der Waals surface area contributed by atoms with E-state index < -0.39 is 17.6 Å². The number of hydrogen-bond acceptors (Lipinski definition) is 3. The van der Waals surface area contributed by atoms with Crippen LogP contribution in [0.2, 0.25) is 0 Å². The fourth-order valence-corrected chi connectivity index (χ4v) is 1.14. The lowest BCUT2D eigenvalue weighted by Crippen LogP contribution is -2.18. The Morgan fingerprint density at radius 3 is 2.47 bits per heavy atom. The van der Waals surface area contributed by atoms with Gasteiger partial charge in [-0.25, -0.2) is 4.68 Å². The molecule has 0 aliphatic carbocycles. The van der Waals surface area contributed by atoms with E-state index in [9.17, 15) is 13.2 Å². The molecule has 1 rings (SSSR count). The second-order valence-corrected chi connectivity index (χ2v) is 3.47. The molecule has 0 spiro atoms. The standard InChI is InChI=1S/C8H9F3N4/c1-5(2)4-15-7(8(9,10)11)6(3-12)13-14-15/h5H,4H2,1-2H3. The second kappa shape index (κ2) is 3.88. The molecule has 0 amide bonds. The number of nitriles is 1. The molecule has 82 valence electrons. The molecule has 0 saturated carbocycles. The van der Waals surface area contributed by atoms with Gasteiger partial charge < -0.3 is 0 Å². The van der Waals surface area contributed by atoms with Crippen molar-refractivity contribution in [3.8, 4) is 6.07 Å². The molecule has 0 N–H and O–H groups in total. The Morgan fingerprint density at radius 1 is 1.47 bits per heavy atom. The van der Waals surface area contributed by atoms with Gasteiger partial charge in [-0.15, -0.1) is 5.10 Å². The topological polar surface area (TPSA) is 54.5 Å². The van der Waals surface area contributed by atoms with Gasteiger partial charge in [0.15, 0.2) is 11.4 Å². The summed E-state index contributed by atoms with van der Waals surface area (Å²) in [6.45, 7) is 3.60. The maximum Gasteiger partial charge on any atom is 0.436 e. The molecule has 0 radical (unpaired) electrons. The zero-order chi connectivity index (χ0) is 11.6. The normalized spacial score (nSPS) is 11.8. The molecule has 0 aliphatic rings. The van der Waals surface area contributed by atoms with Crippen molar-refractivity contribution in [1.29, 1.82) is 5.26 Å².